The van der Waals surface area contributed by atoms with Crippen LogP contribution in [0, 0.1) is 0 Å². The fourth-order valence-corrected chi connectivity index (χ4v) is 6.88. The molecule has 0 bridgehead atoms. The van der Waals surface area contributed by atoms with Gasteiger partial charge in [-0.1, -0.05) is 24.6 Å². The Morgan fingerprint density at radius 3 is 2.44 bits per heavy atom. The minimum atomic E-state index is -0.684. The number of ether oxygens (including phenoxy) is 3. The standard InChI is InChI=1S/C40H54N6O8/c1-7-52-25-32-43-36-29(24-31(47)30-16-13-22-44(30)38(51)54-39(2,3)4)42-28-15-11-10-14-27(28)37(36)46(32)26-40(5,6)53-23-20-41-33(48)17-9-8-12-21-45-34(49)18-19-35(45)50/h10-11,14-15,18-19,30H,7-9,12-13,16-17,20-26H2,1-6H3,(H,41,48)/t30-/m0/s1. The second-order valence-electron chi connectivity index (χ2n) is 15.4. The molecule has 0 aliphatic carbocycles. The predicted octanol–water partition coefficient (Wildman–Crippen LogP) is 5.03. The number of hydrogen-bond acceptors (Lipinski definition) is 10. The number of carbonyl (C=O) groups excluding carboxylic acids is 5. The van der Waals surface area contributed by atoms with Crippen LogP contribution in [0.2, 0.25) is 0 Å². The number of nitrogens with zero attached hydrogens (tertiary/aromatic N) is 5. The van der Waals surface area contributed by atoms with Gasteiger partial charge in [0.2, 0.25) is 5.91 Å². The van der Waals surface area contributed by atoms with E-state index < -0.39 is 23.3 Å². The molecule has 2 aromatic heterocycles. The van der Waals surface area contributed by atoms with Gasteiger partial charge in [0, 0.05) is 50.2 Å². The quantitative estimate of drug-likeness (QED) is 0.138. The molecule has 0 spiro atoms. The van der Waals surface area contributed by atoms with Crippen molar-refractivity contribution >= 4 is 51.5 Å². The van der Waals surface area contributed by atoms with Crippen molar-refractivity contribution in [3.63, 3.8) is 0 Å². The van der Waals surface area contributed by atoms with Crippen molar-refractivity contribution in [2.24, 2.45) is 0 Å². The van der Waals surface area contributed by atoms with Crippen molar-refractivity contribution in [2.75, 3.05) is 32.8 Å². The van der Waals surface area contributed by atoms with Crippen LogP contribution < -0.4 is 5.32 Å². The molecule has 5 rings (SSSR count). The van der Waals surface area contributed by atoms with Crippen LogP contribution >= 0.6 is 0 Å². The average Bonchev–Trinajstić information content (AvgIpc) is 3.83. The first-order chi connectivity index (χ1) is 25.7. The van der Waals surface area contributed by atoms with Gasteiger partial charge >= 0.3 is 6.09 Å². The number of carbonyl (C=O) groups is 5. The molecule has 54 heavy (non-hydrogen) atoms. The molecule has 14 nitrogen and oxygen atoms in total. The van der Waals surface area contributed by atoms with E-state index in [1.165, 1.54) is 22.0 Å². The van der Waals surface area contributed by atoms with Crippen LogP contribution in [-0.4, -0.2) is 104 Å². The molecule has 1 saturated heterocycles. The summed E-state index contributed by atoms with van der Waals surface area (Å²) in [4.78, 5) is 75.4. The molecular formula is C40H54N6O8. The van der Waals surface area contributed by atoms with E-state index in [-0.39, 0.29) is 43.1 Å². The number of fused-ring (bicyclic) bond motifs is 3. The number of pyridine rings is 1. The third-order valence-corrected chi connectivity index (χ3v) is 9.41. The largest absolute Gasteiger partial charge is 0.444 e. The monoisotopic (exact) mass is 746 g/mol. The van der Waals surface area contributed by atoms with Crippen molar-refractivity contribution < 1.29 is 38.2 Å². The first-order valence-corrected chi connectivity index (χ1v) is 19.0. The molecule has 292 valence electrons. The number of rotatable bonds is 18. The second kappa shape index (κ2) is 17.6. The molecule has 3 aromatic rings. The van der Waals surface area contributed by atoms with Crippen LogP contribution in [0.3, 0.4) is 0 Å². The Morgan fingerprint density at radius 2 is 1.72 bits per heavy atom. The maximum absolute atomic E-state index is 13.9. The van der Waals surface area contributed by atoms with E-state index in [0.717, 1.165) is 22.8 Å². The first kappa shape index (κ1) is 40.5. The molecule has 0 saturated carbocycles. The number of amides is 4. The van der Waals surface area contributed by atoms with Gasteiger partial charge in [0.25, 0.3) is 11.8 Å². The third kappa shape index (κ3) is 10.3. The van der Waals surface area contributed by atoms with Crippen LogP contribution in [0.25, 0.3) is 21.9 Å². The average molecular weight is 747 g/mol. The van der Waals surface area contributed by atoms with Gasteiger partial charge in [-0.15, -0.1) is 0 Å². The van der Waals surface area contributed by atoms with Crippen LogP contribution in [-0.2, 0) is 53.0 Å². The SMILES string of the molecule is CCOCc1nc2c(CC(=O)[C@@H]3CCCN3C(=O)OC(C)(C)C)nc3ccccc3c2n1CC(C)(C)OCCNC(=O)CCCCCN1C(=O)C=CC1=O. The minimum absolute atomic E-state index is 0.00521. The van der Waals surface area contributed by atoms with Gasteiger partial charge in [-0.3, -0.25) is 29.0 Å². The molecule has 4 heterocycles. The number of unbranched alkanes of at least 4 members (excludes halogenated alkanes) is 2. The van der Waals surface area contributed by atoms with Gasteiger partial charge in [0.15, 0.2) is 5.78 Å². The Labute approximate surface area is 316 Å². The van der Waals surface area contributed by atoms with Gasteiger partial charge in [-0.05, 0) is 73.3 Å². The van der Waals surface area contributed by atoms with Crippen LogP contribution in [0.1, 0.15) is 91.6 Å². The highest BCUT2D eigenvalue weighted by Crippen LogP contribution is 2.31. The van der Waals surface area contributed by atoms with E-state index in [1.54, 1.807) is 0 Å². The highest BCUT2D eigenvalue weighted by atomic mass is 16.6. The number of benzene rings is 1. The normalized spacial score (nSPS) is 16.3. The molecule has 14 heteroatoms. The Morgan fingerprint density at radius 1 is 0.981 bits per heavy atom. The van der Waals surface area contributed by atoms with Gasteiger partial charge in [-0.25, -0.2) is 14.8 Å². The molecule has 0 radical (unpaired) electrons. The van der Waals surface area contributed by atoms with Crippen LogP contribution in [0.5, 0.6) is 0 Å². The van der Waals surface area contributed by atoms with Gasteiger partial charge in [0.05, 0.1) is 47.9 Å². The van der Waals surface area contributed by atoms with Crippen molar-refractivity contribution in [2.45, 2.75) is 117 Å². The number of nitrogens with one attached hydrogen (secondary N) is 1. The molecule has 4 amide bonds. The number of Topliss-reactive ketones (excluding diaryl/α,β-unsaturated/α-hetero) is 1. The molecule has 1 fully saturated rings. The Bertz CT molecular complexity index is 1880. The summed E-state index contributed by atoms with van der Waals surface area (Å²) < 4.78 is 19.9. The summed E-state index contributed by atoms with van der Waals surface area (Å²) in [5.74, 6) is -0.0959. The number of hydrogen-bond donors (Lipinski definition) is 1. The van der Waals surface area contributed by atoms with E-state index in [4.69, 9.17) is 24.2 Å². The highest BCUT2D eigenvalue weighted by Gasteiger charge is 2.37. The fourth-order valence-electron chi connectivity index (χ4n) is 6.88. The zero-order valence-electron chi connectivity index (χ0n) is 32.4. The number of aromatic nitrogens is 3. The number of imidazole rings is 1. The van der Waals surface area contributed by atoms with E-state index in [0.29, 0.717) is 81.9 Å². The summed E-state index contributed by atoms with van der Waals surface area (Å²) in [5, 5.41) is 3.80. The van der Waals surface area contributed by atoms with Gasteiger partial charge < -0.3 is 24.1 Å². The van der Waals surface area contributed by atoms with Gasteiger partial charge in [-0.2, -0.15) is 0 Å². The summed E-state index contributed by atoms with van der Waals surface area (Å²) in [5.41, 5.74) is 1.35. The summed E-state index contributed by atoms with van der Waals surface area (Å²) in [6.45, 7) is 13.9. The van der Waals surface area contributed by atoms with Crippen LogP contribution in [0.4, 0.5) is 4.79 Å². The lowest BCUT2D eigenvalue weighted by Gasteiger charge is -2.28. The Kier molecular flexibility index (Phi) is 13.2. The van der Waals surface area contributed by atoms with Crippen molar-refractivity contribution in [3.05, 3.63) is 47.9 Å². The van der Waals surface area contributed by atoms with E-state index in [1.807, 2.05) is 65.8 Å². The maximum atomic E-state index is 13.9. The molecule has 1 aromatic carbocycles. The lowest BCUT2D eigenvalue weighted by atomic mass is 10.0. The second-order valence-corrected chi connectivity index (χ2v) is 15.4. The molecule has 2 aliphatic rings. The summed E-state index contributed by atoms with van der Waals surface area (Å²) in [6.07, 6.45) is 5.72. The number of ketones is 1. The van der Waals surface area contributed by atoms with Crippen LogP contribution in [0.15, 0.2) is 36.4 Å². The minimum Gasteiger partial charge on any atom is -0.444 e. The van der Waals surface area contributed by atoms with Crippen molar-refractivity contribution in [1.29, 1.82) is 0 Å². The van der Waals surface area contributed by atoms with E-state index >= 15 is 0 Å². The molecular weight excluding hydrogens is 692 g/mol. The zero-order chi connectivity index (χ0) is 39.0. The van der Waals surface area contributed by atoms with Crippen molar-refractivity contribution in [3.8, 4) is 0 Å². The first-order valence-electron chi connectivity index (χ1n) is 19.0. The molecule has 0 unspecified atom stereocenters. The van der Waals surface area contributed by atoms with E-state index in [2.05, 4.69) is 9.88 Å². The maximum Gasteiger partial charge on any atom is 0.410 e. The smallest absolute Gasteiger partial charge is 0.410 e. The van der Waals surface area contributed by atoms with Crippen molar-refractivity contribution in [1.82, 2.24) is 29.7 Å². The highest BCUT2D eigenvalue weighted by molar-refractivity contribution is 6.12. The lowest BCUT2D eigenvalue weighted by Crippen LogP contribution is -2.43. The number of likely N-dealkylation sites (tertiary alicyclic amines) is 1. The Balaban J connectivity index is 1.25. The number of imide groups is 1. The summed E-state index contributed by atoms with van der Waals surface area (Å²) in [7, 11) is 0. The molecule has 1 atom stereocenters. The third-order valence-electron chi connectivity index (χ3n) is 9.41. The lowest BCUT2D eigenvalue weighted by molar-refractivity contribution is -0.137. The van der Waals surface area contributed by atoms with Gasteiger partial charge in [0.1, 0.15) is 23.5 Å². The topological polar surface area (TPSA) is 162 Å². The fraction of sp³-hybridized carbons (Fsp3) is 0.575. The summed E-state index contributed by atoms with van der Waals surface area (Å²) >= 11 is 0. The number of para-hydroxylation sites is 1. The molecule has 2 aliphatic heterocycles. The van der Waals surface area contributed by atoms with E-state index in [9.17, 15) is 24.0 Å². The predicted molar refractivity (Wildman–Crippen MR) is 202 cm³/mol. The zero-order valence-corrected chi connectivity index (χ0v) is 32.4. The molecule has 1 N–H and O–H groups in total. The Hall–Kier alpha value is -4.69. The summed E-state index contributed by atoms with van der Waals surface area (Å²) in [6, 6.07) is 7.17.